The van der Waals surface area contributed by atoms with Crippen molar-refractivity contribution in [3.63, 3.8) is 0 Å². The van der Waals surface area contributed by atoms with Gasteiger partial charge in [-0.2, -0.15) is 0 Å². The van der Waals surface area contributed by atoms with Crippen molar-refractivity contribution in [3.8, 4) is 0 Å². The molecule has 0 rings (SSSR count). The molecule has 0 unspecified atom stereocenters. The molecule has 0 aromatic rings. The third kappa shape index (κ3) is 119. The van der Waals surface area contributed by atoms with Crippen molar-refractivity contribution in [2.45, 2.75) is 47.5 Å². The molecule has 0 aliphatic carbocycles. The fourth-order valence-corrected chi connectivity index (χ4v) is 0.652. The van der Waals surface area contributed by atoms with Gasteiger partial charge in [0.2, 0.25) is 0 Å². The highest BCUT2D eigenvalue weighted by atomic mass is 35.5. The molecular formula is C25H53Cl3N3O6-3. The van der Waals surface area contributed by atoms with E-state index in [9.17, 15) is 29.7 Å². The van der Waals surface area contributed by atoms with Crippen LogP contribution in [0.5, 0.6) is 0 Å². The molecule has 3 N–H and O–H groups in total. The summed E-state index contributed by atoms with van der Waals surface area (Å²) in [6, 6.07) is 0. The number of hydrogen-bond donors (Lipinski definition) is 3. The van der Waals surface area contributed by atoms with Crippen molar-refractivity contribution < 1.29 is 81.6 Å². The molecule has 0 saturated heterocycles. The van der Waals surface area contributed by atoms with Gasteiger partial charge in [-0.3, -0.25) is 0 Å². The number of carbonyl (C=O) groups is 3. The second-order valence-electron chi connectivity index (χ2n) is 8.59. The van der Waals surface area contributed by atoms with Crippen molar-refractivity contribution >= 4 is 17.9 Å². The first-order valence-electron chi connectivity index (χ1n) is 11.2. The molecule has 0 amide bonds. The third-order valence-corrected chi connectivity index (χ3v) is 2.30. The number of carbonyl (C=O) groups excluding carboxylic acids is 3. The van der Waals surface area contributed by atoms with E-state index in [1.807, 2.05) is 6.92 Å². The summed E-state index contributed by atoms with van der Waals surface area (Å²) >= 11 is 0. The normalized spacial score (nSPS) is 9.11. The van der Waals surface area contributed by atoms with E-state index in [1.54, 1.807) is 19.9 Å². The van der Waals surface area contributed by atoms with Crippen LogP contribution in [0.4, 0.5) is 0 Å². The Morgan fingerprint density at radius 1 is 0.649 bits per heavy atom. The maximum Gasteiger partial charge on any atom is 0.0668 e. The molecule has 228 valence electrons. The van der Waals surface area contributed by atoms with Crippen LogP contribution in [0.15, 0.2) is 35.5 Å². The number of halogens is 3. The molecule has 0 spiro atoms. The van der Waals surface area contributed by atoms with Crippen LogP contribution in [0.1, 0.15) is 47.5 Å². The number of carboxylic acid groups (broad SMARTS) is 3. The van der Waals surface area contributed by atoms with Gasteiger partial charge in [0.1, 0.15) is 0 Å². The van der Waals surface area contributed by atoms with Crippen molar-refractivity contribution in [3.05, 3.63) is 35.5 Å². The largest absolute Gasteiger partial charge is 1.00 e. The van der Waals surface area contributed by atoms with E-state index < -0.39 is 17.9 Å². The Labute approximate surface area is 245 Å². The van der Waals surface area contributed by atoms with Crippen LogP contribution in [0, 0.1) is 0 Å². The van der Waals surface area contributed by atoms with Crippen LogP contribution >= 0.6 is 0 Å². The lowest BCUT2D eigenvalue weighted by molar-refractivity contribution is -0.836. The Balaban J connectivity index is -0.0000000366. The van der Waals surface area contributed by atoms with Crippen molar-refractivity contribution in [1.29, 1.82) is 0 Å². The maximum atomic E-state index is 9.91. The van der Waals surface area contributed by atoms with Crippen LogP contribution in [-0.2, 0) is 14.4 Å². The first-order valence-corrected chi connectivity index (χ1v) is 11.2. The van der Waals surface area contributed by atoms with E-state index in [0.29, 0.717) is 12.0 Å². The Hall–Kier alpha value is -1.62. The number of aliphatic carboxylic acids is 3. The summed E-state index contributed by atoms with van der Waals surface area (Å²) in [7, 11) is 18.8. The van der Waals surface area contributed by atoms with Crippen LogP contribution < -0.4 is 67.2 Å². The zero-order valence-corrected chi connectivity index (χ0v) is 27.6. The van der Waals surface area contributed by atoms with Gasteiger partial charge in [-0.1, -0.05) is 32.6 Å². The minimum absolute atomic E-state index is 0. The third-order valence-electron chi connectivity index (χ3n) is 2.30. The molecule has 0 fully saturated rings. The summed E-state index contributed by atoms with van der Waals surface area (Å²) < 4.78 is 0. The number of rotatable bonds is 5. The Morgan fingerprint density at radius 3 is 0.919 bits per heavy atom. The first kappa shape index (κ1) is 60.1. The highest BCUT2D eigenvalue weighted by molar-refractivity contribution is 5.84. The number of quaternary nitrogens is 3. The van der Waals surface area contributed by atoms with E-state index in [-0.39, 0.29) is 48.4 Å². The smallest absolute Gasteiger partial charge is 0.0668 e. The van der Waals surface area contributed by atoms with Gasteiger partial charge in [-0.15, -0.1) is 0 Å². The SMILES string of the molecule is C=C(CC)C(=O)[O-].CC=C(C)C(=O)[O-].CCC=C(C)C(=O)[O-].C[NH+](C)C.C[NH+](C)C.C[NH+](C)C.[Cl-].[Cl-].[Cl-]. The van der Waals surface area contributed by atoms with E-state index in [1.165, 1.54) is 34.6 Å². The second kappa shape index (κ2) is 44.4. The number of allylic oxidation sites excluding steroid dienone is 2. The molecule has 0 aliphatic heterocycles. The predicted molar refractivity (Wildman–Crippen MR) is 134 cm³/mol. The van der Waals surface area contributed by atoms with Gasteiger partial charge in [-0.25, -0.2) is 0 Å². The van der Waals surface area contributed by atoms with Gasteiger partial charge in [0, 0.05) is 0 Å². The Bertz CT molecular complexity index is 574. The van der Waals surface area contributed by atoms with Crippen LogP contribution in [0.25, 0.3) is 0 Å². The highest BCUT2D eigenvalue weighted by Gasteiger charge is 1.85. The Morgan fingerprint density at radius 2 is 0.892 bits per heavy atom. The topological polar surface area (TPSA) is 134 Å². The summed E-state index contributed by atoms with van der Waals surface area (Å²) in [5.41, 5.74) is 0.743. The van der Waals surface area contributed by atoms with Crippen LogP contribution in [-0.4, -0.2) is 81.3 Å². The minimum atomic E-state index is -1.15. The van der Waals surface area contributed by atoms with E-state index >= 15 is 0 Å². The predicted octanol–water partition coefficient (Wildman–Crippen LogP) is -13.2. The van der Waals surface area contributed by atoms with Gasteiger partial charge in [-0.05, 0) is 50.3 Å². The molecule has 0 aromatic heterocycles. The zero-order valence-electron chi connectivity index (χ0n) is 25.4. The monoisotopic (exact) mass is 596 g/mol. The molecule has 12 heteroatoms. The van der Waals surface area contributed by atoms with Gasteiger partial charge >= 0.3 is 0 Å². The summed E-state index contributed by atoms with van der Waals surface area (Å²) in [6.07, 6.45) is 4.33. The lowest BCUT2D eigenvalue weighted by Crippen LogP contribution is -3.02. The van der Waals surface area contributed by atoms with E-state index in [2.05, 4.69) is 70.0 Å². The molecule has 0 radical (unpaired) electrons. The summed E-state index contributed by atoms with van der Waals surface area (Å²) in [6.45, 7) is 11.5. The molecule has 0 aliphatic rings. The summed E-state index contributed by atoms with van der Waals surface area (Å²) in [5.74, 6) is -3.32. The van der Waals surface area contributed by atoms with E-state index in [0.717, 1.165) is 6.42 Å². The number of carboxylic acids is 3. The average molecular weight is 598 g/mol. The lowest BCUT2D eigenvalue weighted by atomic mass is 10.2. The van der Waals surface area contributed by atoms with Crippen molar-refractivity contribution in [1.82, 2.24) is 0 Å². The molecule has 9 nitrogen and oxygen atoms in total. The molecular weight excluding hydrogens is 545 g/mol. The lowest BCUT2D eigenvalue weighted by Gasteiger charge is -1.98. The summed E-state index contributed by atoms with van der Waals surface area (Å²) in [4.78, 5) is 33.6. The second-order valence-corrected chi connectivity index (χ2v) is 8.59. The first-order chi connectivity index (χ1) is 15.2. The zero-order chi connectivity index (χ0) is 29.0. The minimum Gasteiger partial charge on any atom is -1.00 e. The van der Waals surface area contributed by atoms with Gasteiger partial charge < -0.3 is 81.6 Å². The average Bonchev–Trinajstić information content (AvgIpc) is 2.66. The molecule has 0 aromatic carbocycles. The molecule has 0 atom stereocenters. The van der Waals surface area contributed by atoms with Gasteiger partial charge in [0.25, 0.3) is 0 Å². The number of hydrogen-bond acceptors (Lipinski definition) is 6. The van der Waals surface area contributed by atoms with Gasteiger partial charge in [0.05, 0.1) is 81.3 Å². The molecule has 0 bridgehead atoms. The fraction of sp³-hybridized carbons (Fsp3) is 0.640. The molecule has 0 heterocycles. The van der Waals surface area contributed by atoms with Gasteiger partial charge in [0.15, 0.2) is 0 Å². The molecule has 37 heavy (non-hydrogen) atoms. The van der Waals surface area contributed by atoms with Crippen LogP contribution in [0.3, 0.4) is 0 Å². The fourth-order valence-electron chi connectivity index (χ4n) is 0.652. The Kier molecular flexibility index (Phi) is 72.1. The van der Waals surface area contributed by atoms with Crippen LogP contribution in [0.2, 0.25) is 0 Å². The standard InChI is InChI=1S/C6H10O2.2C5H8O2.3C3H9N.3ClH/c1-3-4-5(2)6(7)8;2*1-3-4(2)5(6)7;3*1-4(2)3;;;/h4H,3H2,1-2H3,(H,7,8);3H,1-2H3,(H,6,7);2-3H2,1H3,(H,6,7);3*1-3H3;3*1H/p-3. The summed E-state index contributed by atoms with van der Waals surface area (Å²) in [5, 5.41) is 29.4. The highest BCUT2D eigenvalue weighted by Crippen LogP contribution is 1.91. The molecule has 0 saturated carbocycles. The maximum absolute atomic E-state index is 9.91. The van der Waals surface area contributed by atoms with Crippen molar-refractivity contribution in [2.24, 2.45) is 0 Å². The van der Waals surface area contributed by atoms with E-state index in [4.69, 9.17) is 0 Å². The van der Waals surface area contributed by atoms with Crippen molar-refractivity contribution in [2.75, 3.05) is 63.4 Å². The quantitative estimate of drug-likeness (QED) is 0.270. The number of nitrogens with one attached hydrogen (secondary N) is 3.